The molecule has 0 bridgehead atoms. The molecule has 1 aliphatic rings. The summed E-state index contributed by atoms with van der Waals surface area (Å²) < 4.78 is 25.0. The van der Waals surface area contributed by atoms with E-state index in [1.807, 2.05) is 0 Å². The number of likely N-dealkylation sites (tertiary alicyclic amines) is 1. The van der Waals surface area contributed by atoms with Crippen molar-refractivity contribution in [2.24, 2.45) is 5.41 Å². The van der Waals surface area contributed by atoms with E-state index in [0.29, 0.717) is 35.9 Å². The summed E-state index contributed by atoms with van der Waals surface area (Å²) in [5.41, 5.74) is -1.12. The van der Waals surface area contributed by atoms with Gasteiger partial charge >= 0.3 is 11.6 Å². The van der Waals surface area contributed by atoms with Crippen molar-refractivity contribution in [1.29, 1.82) is 0 Å². The van der Waals surface area contributed by atoms with Crippen LogP contribution in [0, 0.1) is 11.2 Å². The minimum Gasteiger partial charge on any atom is -0.466 e. The third kappa shape index (κ3) is 4.15. The lowest BCUT2D eigenvalue weighted by Crippen LogP contribution is -2.52. The van der Waals surface area contributed by atoms with Crippen molar-refractivity contribution in [2.45, 2.75) is 26.2 Å². The summed E-state index contributed by atoms with van der Waals surface area (Å²) in [7, 11) is 0. The van der Waals surface area contributed by atoms with E-state index in [2.05, 4.69) is 0 Å². The van der Waals surface area contributed by atoms with Crippen molar-refractivity contribution in [3.8, 4) is 0 Å². The van der Waals surface area contributed by atoms with E-state index in [0.717, 1.165) is 0 Å². The molecule has 0 radical (unpaired) electrons. The fourth-order valence-electron chi connectivity index (χ4n) is 4.36. The van der Waals surface area contributed by atoms with Crippen LogP contribution in [0.4, 0.5) is 4.39 Å². The summed E-state index contributed by atoms with van der Waals surface area (Å²) in [6, 6.07) is 14.7. The van der Waals surface area contributed by atoms with Gasteiger partial charge in [0.2, 0.25) is 0 Å². The van der Waals surface area contributed by atoms with Gasteiger partial charge in [0.25, 0.3) is 5.91 Å². The van der Waals surface area contributed by atoms with E-state index >= 15 is 0 Å². The van der Waals surface area contributed by atoms with E-state index in [-0.39, 0.29) is 25.1 Å². The Labute approximate surface area is 184 Å². The number of hydrogen-bond acceptors (Lipinski definition) is 5. The number of halogens is 1. The predicted octanol–water partition coefficient (Wildman–Crippen LogP) is 3.96. The highest BCUT2D eigenvalue weighted by atomic mass is 19.1. The third-order valence-corrected chi connectivity index (χ3v) is 5.93. The molecule has 1 amide bonds. The van der Waals surface area contributed by atoms with Crippen molar-refractivity contribution < 1.29 is 23.1 Å². The van der Waals surface area contributed by atoms with Crippen LogP contribution in [0.25, 0.3) is 11.0 Å². The topological polar surface area (TPSA) is 76.8 Å². The quantitative estimate of drug-likeness (QED) is 0.446. The molecule has 1 atom stereocenters. The normalized spacial score (nSPS) is 18.5. The Kier molecular flexibility index (Phi) is 6.08. The first-order valence-electron chi connectivity index (χ1n) is 10.7. The van der Waals surface area contributed by atoms with Crippen LogP contribution >= 0.6 is 0 Å². The zero-order valence-corrected chi connectivity index (χ0v) is 17.8. The molecule has 1 aromatic heterocycles. The summed E-state index contributed by atoms with van der Waals surface area (Å²) in [4.78, 5) is 40.3. The third-order valence-electron chi connectivity index (χ3n) is 5.93. The Morgan fingerprint density at radius 2 is 1.91 bits per heavy atom. The number of hydrogen-bond donors (Lipinski definition) is 0. The molecule has 1 fully saturated rings. The molecule has 6 nitrogen and oxygen atoms in total. The molecule has 3 aromatic rings. The largest absolute Gasteiger partial charge is 0.466 e. The number of carbonyl (C=O) groups is 2. The predicted molar refractivity (Wildman–Crippen MR) is 117 cm³/mol. The lowest BCUT2D eigenvalue weighted by molar-refractivity contribution is -0.158. The van der Waals surface area contributed by atoms with Crippen molar-refractivity contribution in [3.05, 3.63) is 82.0 Å². The van der Waals surface area contributed by atoms with Gasteiger partial charge in [-0.15, -0.1) is 0 Å². The van der Waals surface area contributed by atoms with Crippen molar-refractivity contribution in [2.75, 3.05) is 19.7 Å². The van der Waals surface area contributed by atoms with Crippen LogP contribution < -0.4 is 5.63 Å². The van der Waals surface area contributed by atoms with Gasteiger partial charge in [-0.3, -0.25) is 9.59 Å². The molecule has 1 saturated heterocycles. The number of para-hydroxylation sites is 1. The summed E-state index contributed by atoms with van der Waals surface area (Å²) >= 11 is 0. The standard InChI is InChI=1S/C25H24FNO5/c1-2-31-24(30)25(15-18-9-3-5-10-20(18)26)12-7-13-27(16-25)22(28)19-14-17-8-4-6-11-21(17)32-23(19)29/h3-6,8-11,14H,2,7,12-13,15-16H2,1H3. The highest BCUT2D eigenvalue weighted by Gasteiger charge is 2.45. The molecule has 32 heavy (non-hydrogen) atoms. The van der Waals surface area contributed by atoms with Crippen LogP contribution in [0.5, 0.6) is 0 Å². The molecule has 1 unspecified atom stereocenters. The van der Waals surface area contributed by atoms with Gasteiger partial charge in [-0.25, -0.2) is 9.18 Å². The van der Waals surface area contributed by atoms with E-state index in [4.69, 9.17) is 9.15 Å². The number of piperidine rings is 1. The number of amides is 1. The number of benzene rings is 2. The number of ether oxygens (including phenoxy) is 1. The van der Waals surface area contributed by atoms with E-state index < -0.39 is 28.7 Å². The van der Waals surface area contributed by atoms with Crippen LogP contribution in [-0.4, -0.2) is 36.5 Å². The van der Waals surface area contributed by atoms with Gasteiger partial charge in [0, 0.05) is 18.5 Å². The van der Waals surface area contributed by atoms with Crippen LogP contribution in [0.1, 0.15) is 35.7 Å². The minimum atomic E-state index is -1.09. The monoisotopic (exact) mass is 437 g/mol. The SMILES string of the molecule is CCOC(=O)C1(Cc2ccccc2F)CCCN(C(=O)c2cc3ccccc3oc2=O)C1. The number of carbonyl (C=O) groups excluding carboxylic acids is 2. The van der Waals surface area contributed by atoms with Gasteiger partial charge in [-0.05, 0) is 49.9 Å². The Bertz CT molecular complexity index is 1220. The first kappa shape index (κ1) is 21.7. The molecule has 0 N–H and O–H groups in total. The lowest BCUT2D eigenvalue weighted by Gasteiger charge is -2.41. The average molecular weight is 437 g/mol. The summed E-state index contributed by atoms with van der Waals surface area (Å²) in [6.07, 6.45) is 1.09. The molecular weight excluding hydrogens is 413 g/mol. The Balaban J connectivity index is 1.68. The maximum absolute atomic E-state index is 14.4. The lowest BCUT2D eigenvalue weighted by atomic mass is 9.74. The van der Waals surface area contributed by atoms with Crippen molar-refractivity contribution in [3.63, 3.8) is 0 Å². The second-order valence-corrected chi connectivity index (χ2v) is 8.08. The molecule has 2 aromatic carbocycles. The first-order chi connectivity index (χ1) is 15.4. The van der Waals surface area contributed by atoms with E-state index in [1.54, 1.807) is 49.4 Å². The molecule has 0 saturated carbocycles. The van der Waals surface area contributed by atoms with Gasteiger partial charge < -0.3 is 14.1 Å². The molecule has 4 rings (SSSR count). The number of nitrogens with zero attached hydrogens (tertiary/aromatic N) is 1. The van der Waals surface area contributed by atoms with Crippen LogP contribution in [-0.2, 0) is 16.0 Å². The smallest absolute Gasteiger partial charge is 0.349 e. The van der Waals surface area contributed by atoms with Crippen molar-refractivity contribution >= 4 is 22.8 Å². The minimum absolute atomic E-state index is 0.0330. The number of esters is 1. The Morgan fingerprint density at radius 1 is 1.16 bits per heavy atom. The fourth-order valence-corrected chi connectivity index (χ4v) is 4.36. The Morgan fingerprint density at radius 3 is 2.69 bits per heavy atom. The number of rotatable bonds is 5. The fraction of sp³-hybridized carbons (Fsp3) is 0.320. The zero-order chi connectivity index (χ0) is 22.7. The molecule has 0 aliphatic carbocycles. The molecular formula is C25H24FNO5. The van der Waals surface area contributed by atoms with Gasteiger partial charge in [0.05, 0.1) is 12.0 Å². The summed E-state index contributed by atoms with van der Waals surface area (Å²) in [5, 5.41) is 0.635. The van der Waals surface area contributed by atoms with Gasteiger partial charge in [-0.2, -0.15) is 0 Å². The second kappa shape index (κ2) is 8.94. The Hall–Kier alpha value is -3.48. The average Bonchev–Trinajstić information content (AvgIpc) is 2.80. The molecule has 166 valence electrons. The molecule has 1 aliphatic heterocycles. The first-order valence-corrected chi connectivity index (χ1v) is 10.7. The van der Waals surface area contributed by atoms with Crippen LogP contribution in [0.2, 0.25) is 0 Å². The molecule has 2 heterocycles. The molecule has 7 heteroatoms. The highest BCUT2D eigenvalue weighted by molar-refractivity contribution is 5.97. The number of fused-ring (bicyclic) bond motifs is 1. The molecule has 0 spiro atoms. The second-order valence-electron chi connectivity index (χ2n) is 8.08. The summed E-state index contributed by atoms with van der Waals surface area (Å²) in [6.45, 7) is 2.30. The van der Waals surface area contributed by atoms with Gasteiger partial charge in [0.1, 0.15) is 17.0 Å². The van der Waals surface area contributed by atoms with Crippen LogP contribution in [0.3, 0.4) is 0 Å². The van der Waals surface area contributed by atoms with Crippen molar-refractivity contribution in [1.82, 2.24) is 4.90 Å². The van der Waals surface area contributed by atoms with Crippen LogP contribution in [0.15, 0.2) is 63.8 Å². The summed E-state index contributed by atoms with van der Waals surface area (Å²) in [5.74, 6) is -1.38. The highest BCUT2D eigenvalue weighted by Crippen LogP contribution is 2.36. The van der Waals surface area contributed by atoms with Gasteiger partial charge in [0.15, 0.2) is 0 Å². The maximum atomic E-state index is 14.4. The van der Waals surface area contributed by atoms with Gasteiger partial charge in [-0.1, -0.05) is 36.4 Å². The van der Waals surface area contributed by atoms with E-state index in [1.165, 1.54) is 17.0 Å². The maximum Gasteiger partial charge on any atom is 0.349 e. The van der Waals surface area contributed by atoms with E-state index in [9.17, 15) is 18.8 Å². The zero-order valence-electron chi connectivity index (χ0n) is 17.8.